The normalized spacial score (nSPS) is 21.0. The Balaban J connectivity index is 1.67. The first kappa shape index (κ1) is 19.4. The second-order valence-electron chi connectivity index (χ2n) is 7.26. The minimum absolute atomic E-state index is 0.110. The Hall–Kier alpha value is -1.36. The molecule has 1 saturated carbocycles. The van der Waals surface area contributed by atoms with Gasteiger partial charge in [0, 0.05) is 29.8 Å². The first-order valence-corrected chi connectivity index (χ1v) is 11.7. The summed E-state index contributed by atoms with van der Waals surface area (Å²) in [5.74, 6) is 0.308. The molecule has 0 spiro atoms. The van der Waals surface area contributed by atoms with Crippen molar-refractivity contribution >= 4 is 19.7 Å². The van der Waals surface area contributed by atoms with Crippen LogP contribution < -0.4 is 0 Å². The molecule has 0 atom stereocenters. The zero-order chi connectivity index (χ0) is 18.4. The lowest BCUT2D eigenvalue weighted by atomic mass is 9.86. The van der Waals surface area contributed by atoms with E-state index < -0.39 is 9.05 Å². The molecule has 1 aliphatic rings. The molecule has 2 aromatic carbocycles. The van der Waals surface area contributed by atoms with Crippen molar-refractivity contribution in [1.29, 1.82) is 0 Å². The Morgan fingerprint density at radius 1 is 0.808 bits per heavy atom. The van der Waals surface area contributed by atoms with E-state index in [0.717, 1.165) is 38.8 Å². The lowest BCUT2D eigenvalue weighted by Gasteiger charge is -2.37. The van der Waals surface area contributed by atoms with Crippen LogP contribution in [0.3, 0.4) is 0 Å². The van der Waals surface area contributed by atoms with Gasteiger partial charge >= 0.3 is 0 Å². The lowest BCUT2D eigenvalue weighted by molar-refractivity contribution is 0.125. The van der Waals surface area contributed by atoms with Crippen molar-refractivity contribution in [3.63, 3.8) is 0 Å². The van der Waals surface area contributed by atoms with Crippen LogP contribution in [0.15, 0.2) is 60.7 Å². The molecule has 0 bridgehead atoms. The summed E-state index contributed by atoms with van der Waals surface area (Å²) in [5.41, 5.74) is 2.63. The maximum absolute atomic E-state index is 11.4. The molecule has 1 fully saturated rings. The summed E-state index contributed by atoms with van der Waals surface area (Å²) >= 11 is 0. The van der Waals surface area contributed by atoms with Crippen molar-refractivity contribution in [2.24, 2.45) is 5.92 Å². The van der Waals surface area contributed by atoms with Crippen molar-refractivity contribution in [3.05, 3.63) is 71.8 Å². The lowest BCUT2D eigenvalue weighted by Crippen LogP contribution is -2.38. The number of hydrogen-bond acceptors (Lipinski definition) is 3. The summed E-state index contributed by atoms with van der Waals surface area (Å²) in [6, 6.07) is 21.6. The highest BCUT2D eigenvalue weighted by molar-refractivity contribution is 8.13. The number of hydrogen-bond donors (Lipinski definition) is 0. The molecule has 3 nitrogen and oxygen atoms in total. The van der Waals surface area contributed by atoms with Gasteiger partial charge in [0.05, 0.1) is 5.75 Å². The van der Waals surface area contributed by atoms with Crippen LogP contribution in [0.2, 0.25) is 0 Å². The van der Waals surface area contributed by atoms with Gasteiger partial charge in [0.2, 0.25) is 9.05 Å². The Morgan fingerprint density at radius 2 is 1.27 bits per heavy atom. The van der Waals surface area contributed by atoms with Gasteiger partial charge in [0.1, 0.15) is 0 Å². The van der Waals surface area contributed by atoms with Gasteiger partial charge in [-0.05, 0) is 42.7 Å². The fourth-order valence-corrected chi connectivity index (χ4v) is 5.34. The van der Waals surface area contributed by atoms with Gasteiger partial charge in [0.25, 0.3) is 0 Å². The summed E-state index contributed by atoms with van der Waals surface area (Å²) < 4.78 is 22.7. The van der Waals surface area contributed by atoms with Crippen LogP contribution >= 0.6 is 10.7 Å². The largest absolute Gasteiger partial charge is 0.292 e. The molecule has 0 radical (unpaired) electrons. The van der Waals surface area contributed by atoms with E-state index in [1.807, 2.05) is 12.1 Å². The Morgan fingerprint density at radius 3 is 1.69 bits per heavy atom. The minimum Gasteiger partial charge on any atom is -0.292 e. The molecule has 0 N–H and O–H groups in total. The quantitative estimate of drug-likeness (QED) is 0.635. The van der Waals surface area contributed by atoms with Gasteiger partial charge in [-0.25, -0.2) is 8.42 Å². The van der Waals surface area contributed by atoms with E-state index in [-0.39, 0.29) is 11.7 Å². The third-order valence-electron chi connectivity index (χ3n) is 5.22. The number of halogens is 1. The zero-order valence-electron chi connectivity index (χ0n) is 14.9. The van der Waals surface area contributed by atoms with E-state index >= 15 is 0 Å². The van der Waals surface area contributed by atoms with E-state index in [9.17, 15) is 8.42 Å². The predicted molar refractivity (Wildman–Crippen MR) is 108 cm³/mol. The second kappa shape index (κ2) is 9.03. The second-order valence-corrected chi connectivity index (χ2v) is 10.1. The Kier molecular flexibility index (Phi) is 6.74. The van der Waals surface area contributed by atoms with Crippen molar-refractivity contribution in [1.82, 2.24) is 4.90 Å². The van der Waals surface area contributed by atoms with Gasteiger partial charge in [-0.1, -0.05) is 60.7 Å². The first-order chi connectivity index (χ1) is 12.5. The molecule has 0 aliphatic heterocycles. The minimum atomic E-state index is -3.40. The van der Waals surface area contributed by atoms with Crippen LogP contribution in [-0.4, -0.2) is 25.1 Å². The molecular weight excluding hydrogens is 366 g/mol. The van der Waals surface area contributed by atoms with Crippen LogP contribution in [-0.2, 0) is 22.1 Å². The SMILES string of the molecule is O=S(=O)(Cl)CC1CCC(N(Cc2ccccc2)Cc2ccccc2)CC1. The standard InChI is InChI=1S/C21H26ClNO2S/c22-26(24,25)17-20-11-13-21(14-12-20)23(15-18-7-3-1-4-8-18)16-19-9-5-2-6-10-19/h1-10,20-21H,11-17H2. The Labute approximate surface area is 161 Å². The Bertz CT molecular complexity index is 731. The van der Waals surface area contributed by atoms with Crippen molar-refractivity contribution in [2.75, 3.05) is 5.75 Å². The van der Waals surface area contributed by atoms with Crippen LogP contribution in [0.1, 0.15) is 36.8 Å². The average molecular weight is 392 g/mol. The number of rotatable bonds is 7. The summed E-state index contributed by atoms with van der Waals surface area (Å²) in [6.45, 7) is 1.83. The highest BCUT2D eigenvalue weighted by atomic mass is 35.7. The molecule has 5 heteroatoms. The van der Waals surface area contributed by atoms with Gasteiger partial charge in [-0.15, -0.1) is 0 Å². The van der Waals surface area contributed by atoms with E-state index in [1.165, 1.54) is 11.1 Å². The zero-order valence-corrected chi connectivity index (χ0v) is 16.5. The van der Waals surface area contributed by atoms with Gasteiger partial charge in [-0.2, -0.15) is 0 Å². The van der Waals surface area contributed by atoms with Gasteiger partial charge in [-0.3, -0.25) is 4.90 Å². The van der Waals surface area contributed by atoms with Crippen molar-refractivity contribution in [3.8, 4) is 0 Å². The van der Waals surface area contributed by atoms with Crippen LogP contribution in [0.25, 0.3) is 0 Å². The smallest absolute Gasteiger partial charge is 0.232 e. The maximum atomic E-state index is 11.4. The first-order valence-electron chi connectivity index (χ1n) is 9.24. The monoisotopic (exact) mass is 391 g/mol. The third-order valence-corrected chi connectivity index (χ3v) is 6.47. The molecule has 0 aromatic heterocycles. The highest BCUT2D eigenvalue weighted by Crippen LogP contribution is 2.31. The molecule has 0 amide bonds. The van der Waals surface area contributed by atoms with Gasteiger partial charge in [0.15, 0.2) is 0 Å². The molecule has 0 heterocycles. The molecule has 26 heavy (non-hydrogen) atoms. The summed E-state index contributed by atoms with van der Waals surface area (Å²) in [7, 11) is 2.04. The van der Waals surface area contributed by atoms with Crippen LogP contribution in [0, 0.1) is 5.92 Å². The van der Waals surface area contributed by atoms with Gasteiger partial charge < -0.3 is 0 Å². The topological polar surface area (TPSA) is 37.4 Å². The van der Waals surface area contributed by atoms with E-state index in [2.05, 4.69) is 53.4 Å². The van der Waals surface area contributed by atoms with Crippen LogP contribution in [0.5, 0.6) is 0 Å². The molecule has 0 saturated heterocycles. The van der Waals surface area contributed by atoms with E-state index in [4.69, 9.17) is 10.7 Å². The third kappa shape index (κ3) is 6.11. The van der Waals surface area contributed by atoms with E-state index in [0.29, 0.717) is 6.04 Å². The maximum Gasteiger partial charge on any atom is 0.232 e. The molecule has 1 aliphatic carbocycles. The van der Waals surface area contributed by atoms with E-state index in [1.54, 1.807) is 0 Å². The summed E-state index contributed by atoms with van der Waals surface area (Å²) in [4.78, 5) is 2.54. The van der Waals surface area contributed by atoms with Crippen molar-refractivity contribution < 1.29 is 8.42 Å². The average Bonchev–Trinajstić information content (AvgIpc) is 2.62. The predicted octanol–water partition coefficient (Wildman–Crippen LogP) is 4.82. The van der Waals surface area contributed by atoms with Crippen LogP contribution in [0.4, 0.5) is 0 Å². The summed E-state index contributed by atoms with van der Waals surface area (Å²) in [6.07, 6.45) is 3.90. The van der Waals surface area contributed by atoms with Crippen molar-refractivity contribution in [2.45, 2.75) is 44.8 Å². The highest BCUT2D eigenvalue weighted by Gasteiger charge is 2.28. The summed E-state index contributed by atoms with van der Waals surface area (Å²) in [5, 5.41) is 0. The molecule has 0 unspecified atom stereocenters. The molecular formula is C21H26ClNO2S. The number of nitrogens with zero attached hydrogens (tertiary/aromatic N) is 1. The fourth-order valence-electron chi connectivity index (χ4n) is 3.91. The molecule has 140 valence electrons. The molecule has 3 rings (SSSR count). The molecule has 2 aromatic rings. The fraction of sp³-hybridized carbons (Fsp3) is 0.429. The number of benzene rings is 2.